The van der Waals surface area contributed by atoms with Crippen LogP contribution in [0.1, 0.15) is 49.9 Å². The molecule has 1 atom stereocenters. The van der Waals surface area contributed by atoms with Crippen molar-refractivity contribution in [2.75, 3.05) is 11.9 Å². The number of hydrogen-bond donors (Lipinski definition) is 0. The van der Waals surface area contributed by atoms with Crippen molar-refractivity contribution in [1.82, 2.24) is 0 Å². The van der Waals surface area contributed by atoms with Gasteiger partial charge in [-0.3, -0.25) is 9.59 Å². The summed E-state index contributed by atoms with van der Waals surface area (Å²) in [4.78, 5) is 24.5. The number of amides is 1. The summed E-state index contributed by atoms with van der Waals surface area (Å²) in [6, 6.07) is 7.25. The molecule has 1 rings (SSSR count). The minimum Gasteiger partial charge on any atom is -0.318 e. The van der Waals surface area contributed by atoms with Gasteiger partial charge in [0.05, 0.1) is 0 Å². The lowest BCUT2D eigenvalue weighted by Gasteiger charge is -2.15. The van der Waals surface area contributed by atoms with Gasteiger partial charge in [0.1, 0.15) is 0 Å². The van der Waals surface area contributed by atoms with Gasteiger partial charge in [0.15, 0.2) is 5.78 Å². The van der Waals surface area contributed by atoms with E-state index in [1.54, 1.807) is 7.05 Å². The molecule has 0 bridgehead atoms. The molecule has 0 aliphatic carbocycles. The normalized spacial score (nSPS) is 11.9. The van der Waals surface area contributed by atoms with E-state index in [0.29, 0.717) is 0 Å². The average molecular weight is 261 g/mol. The maximum Gasteiger partial charge on any atom is 0.213 e. The summed E-state index contributed by atoms with van der Waals surface area (Å²) in [5.74, 6) is 0.339. The van der Waals surface area contributed by atoms with Gasteiger partial charge in [0, 0.05) is 24.2 Å². The van der Waals surface area contributed by atoms with E-state index in [1.165, 1.54) is 4.90 Å². The first-order chi connectivity index (χ1) is 9.13. The van der Waals surface area contributed by atoms with Crippen LogP contribution in [-0.2, 0) is 4.79 Å². The van der Waals surface area contributed by atoms with Gasteiger partial charge < -0.3 is 4.90 Å². The molecule has 3 heteroatoms. The highest BCUT2D eigenvalue weighted by molar-refractivity contribution is 5.98. The lowest BCUT2D eigenvalue weighted by molar-refractivity contribution is -0.107. The van der Waals surface area contributed by atoms with E-state index in [2.05, 4.69) is 13.8 Å². The number of Topliss-reactive ketones (excluding diaryl/α,β-unsaturated/α-hetero) is 1. The Kier molecular flexibility index (Phi) is 6.26. The molecule has 0 fully saturated rings. The molecule has 0 aromatic heterocycles. The van der Waals surface area contributed by atoms with E-state index in [4.69, 9.17) is 0 Å². The summed E-state index contributed by atoms with van der Waals surface area (Å²) in [5, 5.41) is 0. The van der Waals surface area contributed by atoms with E-state index in [1.807, 2.05) is 24.3 Å². The third-order valence-corrected chi connectivity index (χ3v) is 3.49. The van der Waals surface area contributed by atoms with Gasteiger partial charge in [0.2, 0.25) is 6.41 Å². The van der Waals surface area contributed by atoms with Crippen molar-refractivity contribution in [3.05, 3.63) is 29.8 Å². The molecule has 0 spiro atoms. The average Bonchev–Trinajstić information content (AvgIpc) is 2.47. The fourth-order valence-corrected chi connectivity index (χ4v) is 2.13. The molecule has 3 nitrogen and oxygen atoms in total. The van der Waals surface area contributed by atoms with Crippen molar-refractivity contribution in [3.63, 3.8) is 0 Å². The second-order valence-electron chi connectivity index (χ2n) is 4.87. The molecule has 0 saturated heterocycles. The van der Waals surface area contributed by atoms with Crippen LogP contribution in [0.15, 0.2) is 24.3 Å². The van der Waals surface area contributed by atoms with Gasteiger partial charge in [-0.2, -0.15) is 0 Å². The summed E-state index contributed by atoms with van der Waals surface area (Å²) < 4.78 is 0. The Balaban J connectivity index is 2.78. The van der Waals surface area contributed by atoms with Crippen LogP contribution in [0, 0.1) is 5.92 Å². The lowest BCUT2D eigenvalue weighted by Crippen LogP contribution is -2.16. The topological polar surface area (TPSA) is 37.4 Å². The van der Waals surface area contributed by atoms with Crippen LogP contribution in [0.5, 0.6) is 0 Å². The lowest BCUT2D eigenvalue weighted by atomic mass is 9.90. The van der Waals surface area contributed by atoms with Gasteiger partial charge in [-0.25, -0.2) is 0 Å². The highest BCUT2D eigenvalue weighted by Crippen LogP contribution is 2.20. The molecule has 0 saturated carbocycles. The smallest absolute Gasteiger partial charge is 0.213 e. The van der Waals surface area contributed by atoms with E-state index in [-0.39, 0.29) is 11.7 Å². The first kappa shape index (κ1) is 15.4. The van der Waals surface area contributed by atoms with Gasteiger partial charge in [-0.15, -0.1) is 0 Å². The van der Waals surface area contributed by atoms with Crippen LogP contribution in [0.3, 0.4) is 0 Å². The summed E-state index contributed by atoms with van der Waals surface area (Å²) >= 11 is 0. The number of carbonyl (C=O) groups is 2. The molecule has 0 aliphatic rings. The largest absolute Gasteiger partial charge is 0.318 e. The molecule has 1 aromatic carbocycles. The van der Waals surface area contributed by atoms with Crippen LogP contribution in [-0.4, -0.2) is 19.2 Å². The van der Waals surface area contributed by atoms with E-state index in [0.717, 1.165) is 43.3 Å². The van der Waals surface area contributed by atoms with Gasteiger partial charge in [-0.1, -0.05) is 26.7 Å². The van der Waals surface area contributed by atoms with E-state index in [9.17, 15) is 9.59 Å². The van der Waals surface area contributed by atoms with Crippen LogP contribution in [0.4, 0.5) is 5.69 Å². The Bertz CT molecular complexity index is 411. The number of hydrogen-bond acceptors (Lipinski definition) is 2. The molecule has 19 heavy (non-hydrogen) atoms. The molecule has 0 radical (unpaired) electrons. The van der Waals surface area contributed by atoms with Crippen LogP contribution in [0.2, 0.25) is 0 Å². The van der Waals surface area contributed by atoms with Crippen LogP contribution >= 0.6 is 0 Å². The first-order valence-corrected chi connectivity index (χ1v) is 6.96. The van der Waals surface area contributed by atoms with Gasteiger partial charge in [0.25, 0.3) is 0 Å². The predicted molar refractivity (Wildman–Crippen MR) is 78.5 cm³/mol. The third kappa shape index (κ3) is 4.19. The Morgan fingerprint density at radius 3 is 2.37 bits per heavy atom. The number of rotatable bonds is 8. The summed E-state index contributed by atoms with van der Waals surface area (Å²) in [6.45, 7) is 4.20. The van der Waals surface area contributed by atoms with Gasteiger partial charge in [-0.05, 0) is 37.1 Å². The van der Waals surface area contributed by atoms with Crippen molar-refractivity contribution in [1.29, 1.82) is 0 Å². The maximum absolute atomic E-state index is 12.3. The molecular formula is C16H23NO2. The first-order valence-electron chi connectivity index (χ1n) is 6.96. The SMILES string of the molecule is CCCCC(CC)C(=O)c1ccc(N(C)C=O)cc1. The summed E-state index contributed by atoms with van der Waals surface area (Å²) in [6.07, 6.45) is 4.81. The highest BCUT2D eigenvalue weighted by atomic mass is 16.1. The highest BCUT2D eigenvalue weighted by Gasteiger charge is 2.17. The molecule has 104 valence electrons. The fourth-order valence-electron chi connectivity index (χ4n) is 2.13. The summed E-state index contributed by atoms with van der Waals surface area (Å²) in [7, 11) is 1.69. The van der Waals surface area contributed by atoms with Crippen molar-refractivity contribution in [2.24, 2.45) is 5.92 Å². The van der Waals surface area contributed by atoms with E-state index < -0.39 is 0 Å². The Labute approximate surface area is 115 Å². The molecule has 0 aliphatic heterocycles. The number of ketones is 1. The monoisotopic (exact) mass is 261 g/mol. The van der Waals surface area contributed by atoms with Crippen LogP contribution in [0.25, 0.3) is 0 Å². The maximum atomic E-state index is 12.3. The van der Waals surface area contributed by atoms with Crippen LogP contribution < -0.4 is 4.90 Å². The number of benzene rings is 1. The van der Waals surface area contributed by atoms with Crippen molar-refractivity contribution in [3.8, 4) is 0 Å². The molecule has 1 amide bonds. The second kappa shape index (κ2) is 7.72. The molecule has 0 N–H and O–H groups in total. The number of unbranched alkanes of at least 4 members (excludes halogenated alkanes) is 1. The van der Waals surface area contributed by atoms with Crippen molar-refractivity contribution in [2.45, 2.75) is 39.5 Å². The number of nitrogens with zero attached hydrogens (tertiary/aromatic N) is 1. The minimum atomic E-state index is 0.120. The van der Waals surface area contributed by atoms with Crippen molar-refractivity contribution < 1.29 is 9.59 Å². The fraction of sp³-hybridized carbons (Fsp3) is 0.500. The third-order valence-electron chi connectivity index (χ3n) is 3.49. The zero-order chi connectivity index (χ0) is 14.3. The quantitative estimate of drug-likeness (QED) is 0.529. The Morgan fingerprint density at radius 1 is 1.26 bits per heavy atom. The molecule has 1 aromatic rings. The standard InChI is InChI=1S/C16H23NO2/c1-4-6-7-13(5-2)16(19)14-8-10-15(11-9-14)17(3)12-18/h8-13H,4-7H2,1-3H3. The predicted octanol–water partition coefficient (Wildman–Crippen LogP) is 3.68. The molecular weight excluding hydrogens is 238 g/mol. The second-order valence-corrected chi connectivity index (χ2v) is 4.87. The molecule has 1 unspecified atom stereocenters. The Morgan fingerprint density at radius 2 is 1.89 bits per heavy atom. The molecule has 0 heterocycles. The zero-order valence-corrected chi connectivity index (χ0v) is 12.1. The zero-order valence-electron chi connectivity index (χ0n) is 12.1. The minimum absolute atomic E-state index is 0.120. The summed E-state index contributed by atoms with van der Waals surface area (Å²) in [5.41, 5.74) is 1.54. The van der Waals surface area contributed by atoms with Crippen molar-refractivity contribution >= 4 is 17.9 Å². The van der Waals surface area contributed by atoms with E-state index >= 15 is 0 Å². The van der Waals surface area contributed by atoms with Gasteiger partial charge >= 0.3 is 0 Å². The Hall–Kier alpha value is -1.64. The number of anilines is 1. The number of carbonyl (C=O) groups excluding carboxylic acids is 2.